The molecule has 1 aromatic rings. The zero-order valence-corrected chi connectivity index (χ0v) is 10.1. The number of hydrogen-bond acceptors (Lipinski definition) is 1. The molecule has 0 fully saturated rings. The Morgan fingerprint density at radius 1 is 1.41 bits per heavy atom. The maximum atomic E-state index is 12.7. The van der Waals surface area contributed by atoms with Crippen molar-refractivity contribution in [1.29, 1.82) is 0 Å². The van der Waals surface area contributed by atoms with Crippen LogP contribution in [0.2, 0.25) is 0 Å². The minimum Gasteiger partial charge on any atom is -0.481 e. The molecule has 0 saturated carbocycles. The summed E-state index contributed by atoms with van der Waals surface area (Å²) in [5.41, 5.74) is 0.472. The Balaban J connectivity index is 3.15. The van der Waals surface area contributed by atoms with Gasteiger partial charge in [0, 0.05) is 11.0 Å². The van der Waals surface area contributed by atoms with Gasteiger partial charge in [-0.25, -0.2) is 8.78 Å². The number of carboxylic acid groups (broad SMARTS) is 1. The molecule has 0 amide bonds. The highest BCUT2D eigenvalue weighted by Gasteiger charge is 2.25. The quantitative estimate of drug-likeness (QED) is 0.874. The van der Waals surface area contributed by atoms with Crippen LogP contribution in [0.1, 0.15) is 43.4 Å². The number of alkyl halides is 2. The Hall–Kier alpha value is -1.45. The molecule has 94 valence electrons. The zero-order chi connectivity index (χ0) is 13.2. The van der Waals surface area contributed by atoms with Crippen LogP contribution in [0.3, 0.4) is 0 Å². The van der Waals surface area contributed by atoms with Crippen LogP contribution in [0.5, 0.6) is 0 Å². The van der Waals surface area contributed by atoms with Crippen molar-refractivity contribution in [2.45, 2.75) is 39.0 Å². The average molecular weight is 242 g/mol. The maximum absolute atomic E-state index is 12.7. The number of halogens is 2. The van der Waals surface area contributed by atoms with Crippen LogP contribution in [0.25, 0.3) is 0 Å². The van der Waals surface area contributed by atoms with Crippen LogP contribution >= 0.6 is 0 Å². The molecule has 0 unspecified atom stereocenters. The van der Waals surface area contributed by atoms with E-state index in [1.807, 2.05) is 0 Å². The number of rotatable bonds is 4. The van der Waals surface area contributed by atoms with Crippen molar-refractivity contribution in [1.82, 2.24) is 0 Å². The van der Waals surface area contributed by atoms with E-state index in [1.54, 1.807) is 32.9 Å². The summed E-state index contributed by atoms with van der Waals surface area (Å²) in [5, 5.41) is 8.80. The Morgan fingerprint density at radius 2 is 2.00 bits per heavy atom. The van der Waals surface area contributed by atoms with E-state index in [1.165, 1.54) is 6.07 Å². The van der Waals surface area contributed by atoms with E-state index in [2.05, 4.69) is 0 Å². The average Bonchev–Trinajstić information content (AvgIpc) is 2.15. The molecule has 0 heterocycles. The fourth-order valence-electron chi connectivity index (χ4n) is 1.78. The monoisotopic (exact) mass is 242 g/mol. The van der Waals surface area contributed by atoms with Crippen LogP contribution in [-0.4, -0.2) is 11.1 Å². The SMILES string of the molecule is Cc1ccc(C(C)(C)CC(=O)O)cc1C(F)F. The first-order chi connectivity index (χ1) is 7.74. The molecule has 0 aromatic heterocycles. The van der Waals surface area contributed by atoms with Gasteiger partial charge in [0.15, 0.2) is 0 Å². The number of aryl methyl sites for hydroxylation is 1. The first kappa shape index (κ1) is 13.6. The highest BCUT2D eigenvalue weighted by atomic mass is 19.3. The van der Waals surface area contributed by atoms with Gasteiger partial charge in [0.25, 0.3) is 6.43 Å². The summed E-state index contributed by atoms with van der Waals surface area (Å²) >= 11 is 0. The molecule has 17 heavy (non-hydrogen) atoms. The lowest BCUT2D eigenvalue weighted by Gasteiger charge is -2.24. The van der Waals surface area contributed by atoms with Crippen LogP contribution < -0.4 is 0 Å². The van der Waals surface area contributed by atoms with E-state index < -0.39 is 17.8 Å². The molecular weight excluding hydrogens is 226 g/mol. The summed E-state index contributed by atoms with van der Waals surface area (Å²) in [4.78, 5) is 10.7. The van der Waals surface area contributed by atoms with Gasteiger partial charge in [-0.3, -0.25) is 4.79 Å². The standard InChI is InChI=1S/C13H16F2O2/c1-8-4-5-9(6-10(8)12(14)15)13(2,3)7-11(16)17/h4-6,12H,7H2,1-3H3,(H,16,17). The lowest BCUT2D eigenvalue weighted by molar-refractivity contribution is -0.138. The molecule has 4 heteroatoms. The molecule has 0 radical (unpaired) electrons. The van der Waals surface area contributed by atoms with Gasteiger partial charge in [0.1, 0.15) is 0 Å². The lowest BCUT2D eigenvalue weighted by Crippen LogP contribution is -2.22. The van der Waals surface area contributed by atoms with Crippen molar-refractivity contribution in [3.8, 4) is 0 Å². The first-order valence-electron chi connectivity index (χ1n) is 5.35. The van der Waals surface area contributed by atoms with Gasteiger partial charge in [-0.1, -0.05) is 26.0 Å². The van der Waals surface area contributed by atoms with Crippen molar-refractivity contribution in [3.63, 3.8) is 0 Å². The Labute approximate surface area is 99.3 Å². The fraction of sp³-hybridized carbons (Fsp3) is 0.462. The van der Waals surface area contributed by atoms with Crippen LogP contribution in [0.15, 0.2) is 18.2 Å². The molecule has 1 aromatic carbocycles. The second-order valence-electron chi connectivity index (χ2n) is 4.83. The van der Waals surface area contributed by atoms with Gasteiger partial charge in [-0.15, -0.1) is 0 Å². The van der Waals surface area contributed by atoms with E-state index in [0.29, 0.717) is 11.1 Å². The summed E-state index contributed by atoms with van der Waals surface area (Å²) < 4.78 is 25.5. The minimum absolute atomic E-state index is 0.0269. The summed E-state index contributed by atoms with van der Waals surface area (Å²) in [6.07, 6.45) is -2.62. The molecule has 0 bridgehead atoms. The number of carboxylic acids is 1. The summed E-state index contributed by atoms with van der Waals surface area (Å²) in [6, 6.07) is 4.73. The van der Waals surface area contributed by atoms with E-state index in [0.717, 1.165) is 0 Å². The molecule has 0 aliphatic carbocycles. The molecule has 0 spiro atoms. The summed E-state index contributed by atoms with van der Waals surface area (Å²) in [5.74, 6) is -0.936. The summed E-state index contributed by atoms with van der Waals surface area (Å²) in [7, 11) is 0. The van der Waals surface area contributed by atoms with Gasteiger partial charge in [-0.2, -0.15) is 0 Å². The van der Waals surface area contributed by atoms with Crippen LogP contribution in [-0.2, 0) is 10.2 Å². The Bertz CT molecular complexity index is 425. The predicted molar refractivity (Wildman–Crippen MR) is 61.4 cm³/mol. The maximum Gasteiger partial charge on any atom is 0.304 e. The molecule has 0 atom stereocenters. The van der Waals surface area contributed by atoms with Gasteiger partial charge in [0.05, 0.1) is 6.42 Å². The van der Waals surface area contributed by atoms with Crippen LogP contribution in [0.4, 0.5) is 8.78 Å². The fourth-order valence-corrected chi connectivity index (χ4v) is 1.78. The third-order valence-electron chi connectivity index (χ3n) is 2.89. The normalized spacial score (nSPS) is 11.9. The molecule has 0 saturated heterocycles. The number of benzene rings is 1. The molecular formula is C13H16F2O2. The minimum atomic E-state index is -2.53. The van der Waals surface area contributed by atoms with E-state index in [-0.39, 0.29) is 12.0 Å². The lowest BCUT2D eigenvalue weighted by atomic mass is 9.80. The Kier molecular flexibility index (Phi) is 3.86. The third-order valence-corrected chi connectivity index (χ3v) is 2.89. The predicted octanol–water partition coefficient (Wildman–Crippen LogP) is 3.68. The second kappa shape index (κ2) is 4.82. The Morgan fingerprint density at radius 3 is 2.47 bits per heavy atom. The molecule has 1 N–H and O–H groups in total. The smallest absolute Gasteiger partial charge is 0.304 e. The highest BCUT2D eigenvalue weighted by Crippen LogP contribution is 2.31. The van der Waals surface area contributed by atoms with Crippen molar-refractivity contribution in [2.75, 3.05) is 0 Å². The molecule has 2 nitrogen and oxygen atoms in total. The number of carbonyl (C=O) groups is 1. The van der Waals surface area contributed by atoms with Gasteiger partial charge in [-0.05, 0) is 24.1 Å². The molecule has 0 aliphatic heterocycles. The van der Waals surface area contributed by atoms with Crippen LogP contribution in [0, 0.1) is 6.92 Å². The highest BCUT2D eigenvalue weighted by molar-refractivity contribution is 5.69. The van der Waals surface area contributed by atoms with Gasteiger partial charge < -0.3 is 5.11 Å². The summed E-state index contributed by atoms with van der Waals surface area (Å²) in [6.45, 7) is 5.09. The van der Waals surface area contributed by atoms with E-state index in [4.69, 9.17) is 5.11 Å². The topological polar surface area (TPSA) is 37.3 Å². The van der Waals surface area contributed by atoms with Gasteiger partial charge >= 0.3 is 5.97 Å². The number of hydrogen-bond donors (Lipinski definition) is 1. The van der Waals surface area contributed by atoms with E-state index >= 15 is 0 Å². The van der Waals surface area contributed by atoms with Crippen molar-refractivity contribution < 1.29 is 18.7 Å². The van der Waals surface area contributed by atoms with Crippen molar-refractivity contribution in [3.05, 3.63) is 34.9 Å². The van der Waals surface area contributed by atoms with E-state index in [9.17, 15) is 13.6 Å². The molecule has 1 rings (SSSR count). The van der Waals surface area contributed by atoms with Crippen molar-refractivity contribution >= 4 is 5.97 Å². The number of aliphatic carboxylic acids is 1. The second-order valence-corrected chi connectivity index (χ2v) is 4.83. The third kappa shape index (κ3) is 3.25. The van der Waals surface area contributed by atoms with Gasteiger partial charge in [0.2, 0.25) is 0 Å². The zero-order valence-electron chi connectivity index (χ0n) is 10.1. The molecule has 0 aliphatic rings. The first-order valence-corrected chi connectivity index (χ1v) is 5.35. The van der Waals surface area contributed by atoms with Crippen molar-refractivity contribution in [2.24, 2.45) is 0 Å². The largest absolute Gasteiger partial charge is 0.481 e.